The number of halogens is 2. The lowest BCUT2D eigenvalue weighted by molar-refractivity contribution is -0.113. The summed E-state index contributed by atoms with van der Waals surface area (Å²) in [5, 5.41) is 7.84. The van der Waals surface area contributed by atoms with Crippen LogP contribution in [0.5, 0.6) is 0 Å². The molecule has 0 saturated heterocycles. The van der Waals surface area contributed by atoms with Crippen LogP contribution < -0.4 is 16.0 Å². The maximum Gasteiger partial charge on any atom is 0.323 e. The zero-order valence-electron chi connectivity index (χ0n) is 17.3. The molecule has 168 valence electrons. The van der Waals surface area contributed by atoms with Crippen LogP contribution >= 0.6 is 23.1 Å². The van der Waals surface area contributed by atoms with Crippen molar-refractivity contribution in [3.05, 3.63) is 77.9 Å². The maximum absolute atomic E-state index is 13.7. The monoisotopic (exact) mass is 484 g/mol. The van der Waals surface area contributed by atoms with E-state index in [1.54, 1.807) is 18.2 Å². The van der Waals surface area contributed by atoms with Gasteiger partial charge in [-0.2, -0.15) is 0 Å². The first-order valence-corrected chi connectivity index (χ1v) is 11.6. The molecule has 33 heavy (non-hydrogen) atoms. The average Bonchev–Trinajstić information content (AvgIpc) is 3.18. The molecule has 0 radical (unpaired) electrons. The van der Waals surface area contributed by atoms with Crippen molar-refractivity contribution in [3.8, 4) is 0 Å². The number of thiazole rings is 1. The number of amides is 3. The molecule has 0 atom stereocenters. The zero-order valence-corrected chi connectivity index (χ0v) is 18.9. The molecule has 3 amide bonds. The van der Waals surface area contributed by atoms with E-state index >= 15 is 0 Å². The maximum atomic E-state index is 13.7. The van der Waals surface area contributed by atoms with E-state index in [4.69, 9.17) is 0 Å². The van der Waals surface area contributed by atoms with Crippen molar-refractivity contribution in [1.82, 2.24) is 4.98 Å². The van der Waals surface area contributed by atoms with E-state index in [2.05, 4.69) is 20.9 Å². The second-order valence-corrected chi connectivity index (χ2v) is 9.27. The summed E-state index contributed by atoms with van der Waals surface area (Å²) < 4.78 is 28.3. The predicted molar refractivity (Wildman–Crippen MR) is 129 cm³/mol. The van der Waals surface area contributed by atoms with Gasteiger partial charge in [0.15, 0.2) is 4.34 Å². The number of hydrogen-bond acceptors (Lipinski definition) is 5. The lowest BCUT2D eigenvalue weighted by atomic mass is 10.2. The first-order valence-electron chi connectivity index (χ1n) is 9.79. The Morgan fingerprint density at radius 1 is 0.970 bits per heavy atom. The summed E-state index contributed by atoms with van der Waals surface area (Å²) in [6, 6.07) is 15.0. The van der Waals surface area contributed by atoms with Crippen LogP contribution in [-0.2, 0) is 4.79 Å². The molecule has 3 N–H and O–H groups in total. The lowest BCUT2D eigenvalue weighted by Crippen LogP contribution is -2.20. The van der Waals surface area contributed by atoms with E-state index in [0.29, 0.717) is 11.8 Å². The van der Waals surface area contributed by atoms with Crippen LogP contribution in [0, 0.1) is 18.6 Å². The van der Waals surface area contributed by atoms with E-state index in [-0.39, 0.29) is 17.3 Å². The van der Waals surface area contributed by atoms with Crippen LogP contribution in [0.4, 0.5) is 30.6 Å². The van der Waals surface area contributed by atoms with Gasteiger partial charge in [-0.1, -0.05) is 30.0 Å². The minimum Gasteiger partial charge on any atom is -0.325 e. The average molecular weight is 485 g/mol. The third kappa shape index (κ3) is 5.85. The van der Waals surface area contributed by atoms with Gasteiger partial charge in [-0.25, -0.2) is 18.6 Å². The molecule has 0 aliphatic carbocycles. The van der Waals surface area contributed by atoms with E-state index in [9.17, 15) is 18.4 Å². The number of anilines is 3. The summed E-state index contributed by atoms with van der Waals surface area (Å²) >= 11 is 2.72. The van der Waals surface area contributed by atoms with Crippen LogP contribution in [0.3, 0.4) is 0 Å². The summed E-state index contributed by atoms with van der Waals surface area (Å²) in [4.78, 5) is 28.9. The Morgan fingerprint density at radius 2 is 1.79 bits per heavy atom. The number of fused-ring (bicyclic) bond motifs is 1. The fourth-order valence-electron chi connectivity index (χ4n) is 2.95. The van der Waals surface area contributed by atoms with E-state index < -0.39 is 17.7 Å². The van der Waals surface area contributed by atoms with Crippen molar-refractivity contribution >= 4 is 62.3 Å². The number of aryl methyl sites for hydroxylation is 1. The highest BCUT2D eigenvalue weighted by molar-refractivity contribution is 8.01. The molecule has 0 aliphatic heterocycles. The van der Waals surface area contributed by atoms with Crippen molar-refractivity contribution in [2.75, 3.05) is 21.7 Å². The number of rotatable bonds is 6. The van der Waals surface area contributed by atoms with Crippen LogP contribution in [-0.4, -0.2) is 22.7 Å². The molecule has 1 heterocycles. The normalized spacial score (nSPS) is 10.8. The van der Waals surface area contributed by atoms with Gasteiger partial charge in [0, 0.05) is 17.4 Å². The molecule has 0 fully saturated rings. The standard InChI is InChI=1S/C23H18F2N4O2S2/c1-13-4-2-3-5-17(13)27-21(30)12-32-23-29-19-9-7-15(11-20(19)33-23)26-22(31)28-18-8-6-14(24)10-16(18)25/h2-11H,12H2,1H3,(H,27,30)(H2,26,28,31). The number of carbonyl (C=O) groups excluding carboxylic acids is 2. The third-order valence-corrected chi connectivity index (χ3v) is 6.71. The fraction of sp³-hybridized carbons (Fsp3) is 0.0870. The smallest absolute Gasteiger partial charge is 0.323 e. The Hall–Kier alpha value is -3.50. The summed E-state index contributed by atoms with van der Waals surface area (Å²) in [5.41, 5.74) is 2.86. The Bertz CT molecular complexity index is 1340. The first-order chi connectivity index (χ1) is 15.9. The molecule has 0 spiro atoms. The van der Waals surface area contributed by atoms with Crippen molar-refractivity contribution < 1.29 is 18.4 Å². The van der Waals surface area contributed by atoms with Gasteiger partial charge >= 0.3 is 6.03 Å². The van der Waals surface area contributed by atoms with Crippen molar-refractivity contribution in [2.45, 2.75) is 11.3 Å². The largest absolute Gasteiger partial charge is 0.325 e. The van der Waals surface area contributed by atoms with Gasteiger partial charge in [-0.15, -0.1) is 11.3 Å². The van der Waals surface area contributed by atoms with E-state index in [1.165, 1.54) is 23.1 Å². The number of carbonyl (C=O) groups is 2. The lowest BCUT2D eigenvalue weighted by Gasteiger charge is -2.08. The molecule has 0 aliphatic rings. The molecular formula is C23H18F2N4O2S2. The number of thioether (sulfide) groups is 1. The second-order valence-electron chi connectivity index (χ2n) is 7.02. The summed E-state index contributed by atoms with van der Waals surface area (Å²) in [6.45, 7) is 1.93. The van der Waals surface area contributed by atoms with Crippen LogP contribution in [0.15, 0.2) is 65.0 Å². The number of benzene rings is 3. The molecule has 4 aromatic rings. The molecule has 4 rings (SSSR count). The van der Waals surface area contributed by atoms with Crippen molar-refractivity contribution in [3.63, 3.8) is 0 Å². The highest BCUT2D eigenvalue weighted by Gasteiger charge is 2.12. The topological polar surface area (TPSA) is 83.1 Å². The van der Waals surface area contributed by atoms with Gasteiger partial charge < -0.3 is 16.0 Å². The van der Waals surface area contributed by atoms with Crippen LogP contribution in [0.2, 0.25) is 0 Å². The van der Waals surface area contributed by atoms with Crippen molar-refractivity contribution in [2.24, 2.45) is 0 Å². The molecular weight excluding hydrogens is 466 g/mol. The van der Waals surface area contributed by atoms with Gasteiger partial charge in [0.05, 0.1) is 21.7 Å². The molecule has 10 heteroatoms. The molecule has 1 aromatic heterocycles. The minimum absolute atomic E-state index is 0.124. The molecule has 0 unspecified atom stereocenters. The van der Waals surface area contributed by atoms with E-state index in [1.807, 2.05) is 31.2 Å². The Labute approximate surface area is 196 Å². The number of aromatic nitrogens is 1. The minimum atomic E-state index is -0.865. The number of urea groups is 1. The highest BCUT2D eigenvalue weighted by atomic mass is 32.2. The predicted octanol–water partition coefficient (Wildman–Crippen LogP) is 6.26. The zero-order chi connectivity index (χ0) is 23.4. The molecule has 3 aromatic carbocycles. The second kappa shape index (κ2) is 9.97. The van der Waals surface area contributed by atoms with Gasteiger partial charge in [0.25, 0.3) is 0 Å². The number of hydrogen-bond donors (Lipinski definition) is 3. The third-order valence-electron chi connectivity index (χ3n) is 4.55. The van der Waals surface area contributed by atoms with Crippen LogP contribution in [0.1, 0.15) is 5.56 Å². The number of para-hydroxylation sites is 1. The fourth-order valence-corrected chi connectivity index (χ4v) is 4.85. The van der Waals surface area contributed by atoms with E-state index in [0.717, 1.165) is 37.9 Å². The summed E-state index contributed by atoms with van der Waals surface area (Å²) in [7, 11) is 0. The number of nitrogens with one attached hydrogen (secondary N) is 3. The van der Waals surface area contributed by atoms with Gasteiger partial charge in [-0.3, -0.25) is 4.79 Å². The molecule has 0 bridgehead atoms. The Morgan fingerprint density at radius 3 is 2.58 bits per heavy atom. The van der Waals surface area contributed by atoms with Gasteiger partial charge in [-0.05, 0) is 48.9 Å². The van der Waals surface area contributed by atoms with Gasteiger partial charge in [0.1, 0.15) is 11.6 Å². The Balaban J connectivity index is 1.36. The highest BCUT2D eigenvalue weighted by Crippen LogP contribution is 2.31. The van der Waals surface area contributed by atoms with Crippen LogP contribution in [0.25, 0.3) is 10.2 Å². The first kappa shape index (κ1) is 22.7. The van der Waals surface area contributed by atoms with Crippen molar-refractivity contribution in [1.29, 1.82) is 0 Å². The Kier molecular flexibility index (Phi) is 6.85. The molecule has 0 saturated carbocycles. The molecule has 6 nitrogen and oxygen atoms in total. The SMILES string of the molecule is Cc1ccccc1NC(=O)CSc1nc2ccc(NC(=O)Nc3ccc(F)cc3F)cc2s1. The summed E-state index contributed by atoms with van der Waals surface area (Å²) in [5.74, 6) is -1.50. The van der Waals surface area contributed by atoms with Gasteiger partial charge in [0.2, 0.25) is 5.91 Å². The quantitative estimate of drug-likeness (QED) is 0.282. The number of nitrogens with zero attached hydrogens (tertiary/aromatic N) is 1. The summed E-state index contributed by atoms with van der Waals surface area (Å²) in [6.07, 6.45) is 0.